The molecule has 1 aromatic rings. The molecule has 0 amide bonds. The van der Waals surface area contributed by atoms with Crippen molar-refractivity contribution in [3.8, 4) is 0 Å². The fourth-order valence-corrected chi connectivity index (χ4v) is 1.21. The number of hydrogen-bond donors (Lipinski definition) is 1. The number of aryl methyl sites for hydroxylation is 2. The second-order valence-corrected chi connectivity index (χ2v) is 3.01. The van der Waals surface area contributed by atoms with Gasteiger partial charge in [0.05, 0.1) is 0 Å². The van der Waals surface area contributed by atoms with Crippen molar-refractivity contribution in [1.29, 1.82) is 0 Å². The molecule has 0 unspecified atom stereocenters. The Labute approximate surface area is 74.0 Å². The number of nitrogens with zero attached hydrogens (tertiary/aromatic N) is 1. The van der Waals surface area contributed by atoms with Crippen LogP contribution in [0.5, 0.6) is 0 Å². The lowest BCUT2D eigenvalue weighted by Gasteiger charge is -2.03. The molecule has 0 saturated heterocycles. The highest BCUT2D eigenvalue weighted by Crippen LogP contribution is 2.06. The monoisotopic (exact) mass is 164 g/mol. The molecule has 1 aromatic heterocycles. The minimum atomic E-state index is 1.08. The quantitative estimate of drug-likeness (QED) is 0.683. The van der Waals surface area contributed by atoms with Crippen LogP contribution in [0.1, 0.15) is 17.5 Å². The Kier molecular flexibility index (Phi) is 3.74. The van der Waals surface area contributed by atoms with E-state index in [2.05, 4.69) is 23.3 Å². The zero-order valence-electron chi connectivity index (χ0n) is 7.80. The highest BCUT2D eigenvalue weighted by atomic mass is 14.8. The zero-order valence-corrected chi connectivity index (χ0v) is 7.80. The van der Waals surface area contributed by atoms with Gasteiger partial charge in [-0.25, -0.2) is 0 Å². The summed E-state index contributed by atoms with van der Waals surface area (Å²) in [6.07, 6.45) is 6.12. The highest BCUT2D eigenvalue weighted by Gasteiger charge is 1.95. The number of hydrogen-bond acceptors (Lipinski definition) is 2. The van der Waals surface area contributed by atoms with E-state index in [9.17, 15) is 0 Å². The van der Waals surface area contributed by atoms with E-state index in [4.69, 9.17) is 0 Å². The summed E-state index contributed by atoms with van der Waals surface area (Å²) in [5, 5.41) is 3.14. The molecule has 12 heavy (non-hydrogen) atoms. The molecule has 66 valence electrons. The Morgan fingerprint density at radius 1 is 1.50 bits per heavy atom. The van der Waals surface area contributed by atoms with E-state index in [0.29, 0.717) is 0 Å². The van der Waals surface area contributed by atoms with Crippen molar-refractivity contribution in [2.45, 2.75) is 19.8 Å². The molecular weight excluding hydrogens is 148 g/mol. The molecule has 0 radical (unpaired) electrons. The van der Waals surface area contributed by atoms with Crippen LogP contribution in [0.15, 0.2) is 18.5 Å². The summed E-state index contributed by atoms with van der Waals surface area (Å²) < 4.78 is 0. The number of aromatic nitrogens is 1. The lowest BCUT2D eigenvalue weighted by molar-refractivity contribution is 0.721. The third-order valence-electron chi connectivity index (χ3n) is 2.02. The molecular formula is C10H16N2. The molecule has 0 aliphatic carbocycles. The van der Waals surface area contributed by atoms with Gasteiger partial charge in [-0.1, -0.05) is 0 Å². The zero-order chi connectivity index (χ0) is 8.81. The molecule has 0 fully saturated rings. The summed E-state index contributed by atoms with van der Waals surface area (Å²) in [7, 11) is 1.98. The Balaban J connectivity index is 2.46. The Morgan fingerprint density at radius 2 is 2.33 bits per heavy atom. The van der Waals surface area contributed by atoms with E-state index >= 15 is 0 Å². The molecule has 0 aliphatic heterocycles. The Bertz CT molecular complexity index is 233. The topological polar surface area (TPSA) is 24.9 Å². The van der Waals surface area contributed by atoms with Gasteiger partial charge in [0.25, 0.3) is 0 Å². The van der Waals surface area contributed by atoms with Gasteiger partial charge in [0.1, 0.15) is 0 Å². The number of nitrogens with one attached hydrogen (secondary N) is 1. The summed E-state index contributed by atoms with van der Waals surface area (Å²) in [5.41, 5.74) is 2.72. The van der Waals surface area contributed by atoms with Crippen molar-refractivity contribution in [3.05, 3.63) is 29.6 Å². The van der Waals surface area contributed by atoms with Crippen LogP contribution >= 0.6 is 0 Å². The molecule has 2 heteroatoms. The van der Waals surface area contributed by atoms with Gasteiger partial charge >= 0.3 is 0 Å². The standard InChI is InChI=1S/C10H16N2/c1-9-5-7-12-8-10(9)4-3-6-11-2/h5,7-8,11H,3-4,6H2,1-2H3. The van der Waals surface area contributed by atoms with Crippen LogP contribution in [0.2, 0.25) is 0 Å². The fraction of sp³-hybridized carbons (Fsp3) is 0.500. The van der Waals surface area contributed by atoms with Crippen LogP contribution in [-0.2, 0) is 6.42 Å². The van der Waals surface area contributed by atoms with Gasteiger partial charge in [-0.15, -0.1) is 0 Å². The SMILES string of the molecule is CNCCCc1cnccc1C. The average Bonchev–Trinajstić information content (AvgIpc) is 2.09. The predicted octanol–water partition coefficient (Wildman–Crippen LogP) is 1.54. The van der Waals surface area contributed by atoms with Crippen molar-refractivity contribution in [1.82, 2.24) is 10.3 Å². The molecule has 2 nitrogen and oxygen atoms in total. The molecule has 1 rings (SSSR count). The first-order chi connectivity index (χ1) is 5.84. The van der Waals surface area contributed by atoms with Gasteiger partial charge in [-0.2, -0.15) is 0 Å². The minimum Gasteiger partial charge on any atom is -0.320 e. The highest BCUT2D eigenvalue weighted by molar-refractivity contribution is 5.21. The first kappa shape index (κ1) is 9.20. The van der Waals surface area contributed by atoms with Crippen molar-refractivity contribution in [2.24, 2.45) is 0 Å². The molecule has 1 N–H and O–H groups in total. The van der Waals surface area contributed by atoms with Crippen LogP contribution in [-0.4, -0.2) is 18.6 Å². The van der Waals surface area contributed by atoms with Gasteiger partial charge in [0.15, 0.2) is 0 Å². The maximum atomic E-state index is 4.10. The Morgan fingerprint density at radius 3 is 3.00 bits per heavy atom. The maximum absolute atomic E-state index is 4.10. The van der Waals surface area contributed by atoms with E-state index in [1.54, 1.807) is 0 Å². The third kappa shape index (κ3) is 2.62. The summed E-state index contributed by atoms with van der Waals surface area (Å²) in [4.78, 5) is 4.10. The van der Waals surface area contributed by atoms with Crippen LogP contribution in [0, 0.1) is 6.92 Å². The number of rotatable bonds is 4. The van der Waals surface area contributed by atoms with E-state index in [-0.39, 0.29) is 0 Å². The molecule has 0 atom stereocenters. The smallest absolute Gasteiger partial charge is 0.0302 e. The van der Waals surface area contributed by atoms with Gasteiger partial charge in [-0.3, -0.25) is 4.98 Å². The van der Waals surface area contributed by atoms with E-state index in [1.807, 2.05) is 19.4 Å². The second-order valence-electron chi connectivity index (χ2n) is 3.01. The largest absolute Gasteiger partial charge is 0.320 e. The van der Waals surface area contributed by atoms with Gasteiger partial charge in [0, 0.05) is 12.4 Å². The normalized spacial score (nSPS) is 10.2. The van der Waals surface area contributed by atoms with Crippen molar-refractivity contribution >= 4 is 0 Å². The fourth-order valence-electron chi connectivity index (χ4n) is 1.21. The molecule has 0 spiro atoms. The molecule has 0 aliphatic rings. The van der Waals surface area contributed by atoms with Crippen molar-refractivity contribution in [3.63, 3.8) is 0 Å². The lowest BCUT2D eigenvalue weighted by atomic mass is 10.1. The number of pyridine rings is 1. The Hall–Kier alpha value is -0.890. The van der Waals surface area contributed by atoms with Crippen LogP contribution in [0.25, 0.3) is 0 Å². The van der Waals surface area contributed by atoms with E-state index in [1.165, 1.54) is 17.5 Å². The van der Waals surface area contributed by atoms with Crippen molar-refractivity contribution < 1.29 is 0 Å². The minimum absolute atomic E-state index is 1.08. The first-order valence-electron chi connectivity index (χ1n) is 4.38. The summed E-state index contributed by atoms with van der Waals surface area (Å²) in [5.74, 6) is 0. The lowest BCUT2D eigenvalue weighted by Crippen LogP contribution is -2.08. The molecule has 0 aromatic carbocycles. The summed E-state index contributed by atoms with van der Waals surface area (Å²) in [6, 6.07) is 2.06. The maximum Gasteiger partial charge on any atom is 0.0302 e. The first-order valence-corrected chi connectivity index (χ1v) is 4.38. The average molecular weight is 164 g/mol. The van der Waals surface area contributed by atoms with E-state index < -0.39 is 0 Å². The molecule has 0 bridgehead atoms. The van der Waals surface area contributed by atoms with Gasteiger partial charge in [-0.05, 0) is 50.6 Å². The molecule has 0 saturated carbocycles. The summed E-state index contributed by atoms with van der Waals surface area (Å²) in [6.45, 7) is 3.21. The third-order valence-corrected chi connectivity index (χ3v) is 2.02. The summed E-state index contributed by atoms with van der Waals surface area (Å²) >= 11 is 0. The van der Waals surface area contributed by atoms with Crippen LogP contribution in [0.3, 0.4) is 0 Å². The van der Waals surface area contributed by atoms with Crippen molar-refractivity contribution in [2.75, 3.05) is 13.6 Å². The van der Waals surface area contributed by atoms with Crippen LogP contribution < -0.4 is 5.32 Å². The predicted molar refractivity (Wildman–Crippen MR) is 51.2 cm³/mol. The van der Waals surface area contributed by atoms with Gasteiger partial charge < -0.3 is 5.32 Å². The van der Waals surface area contributed by atoms with Gasteiger partial charge in [0.2, 0.25) is 0 Å². The van der Waals surface area contributed by atoms with Crippen LogP contribution in [0.4, 0.5) is 0 Å². The van der Waals surface area contributed by atoms with E-state index in [0.717, 1.165) is 13.0 Å². The molecule has 1 heterocycles. The second kappa shape index (κ2) is 4.88.